The summed E-state index contributed by atoms with van der Waals surface area (Å²) in [5, 5.41) is 9.82. The number of aryl methyl sites for hydroxylation is 1. The first-order chi connectivity index (χ1) is 13.6. The van der Waals surface area contributed by atoms with Crippen molar-refractivity contribution < 1.29 is 9.13 Å². The molecular weight excluding hydrogens is 359 g/mol. The first-order valence-electron chi connectivity index (χ1n) is 9.88. The lowest BCUT2D eigenvalue weighted by molar-refractivity contribution is 0.104. The van der Waals surface area contributed by atoms with Gasteiger partial charge in [-0.15, -0.1) is 0 Å². The highest BCUT2D eigenvalue weighted by molar-refractivity contribution is 5.47. The monoisotopic (exact) mass is 390 g/mol. The van der Waals surface area contributed by atoms with Crippen LogP contribution in [0.1, 0.15) is 12.1 Å². The van der Waals surface area contributed by atoms with Crippen LogP contribution < -0.4 is 16.0 Å². The number of ether oxygens (including phenoxy) is 1. The van der Waals surface area contributed by atoms with Gasteiger partial charge >= 0.3 is 0 Å². The summed E-state index contributed by atoms with van der Waals surface area (Å²) in [6, 6.07) is 1.90. The fourth-order valence-electron chi connectivity index (χ4n) is 3.61. The van der Waals surface area contributed by atoms with Crippen molar-refractivity contribution in [2.75, 3.05) is 57.5 Å². The molecule has 8 heteroatoms. The Labute approximate surface area is 166 Å². The van der Waals surface area contributed by atoms with Crippen LogP contribution in [0.3, 0.4) is 0 Å². The van der Waals surface area contributed by atoms with Gasteiger partial charge in [0.25, 0.3) is 0 Å². The zero-order valence-corrected chi connectivity index (χ0v) is 16.9. The molecule has 1 aliphatic carbocycles. The highest BCUT2D eigenvalue weighted by Gasteiger charge is 2.23. The smallest absolute Gasteiger partial charge is 0.229 e. The van der Waals surface area contributed by atoms with Crippen molar-refractivity contribution in [2.45, 2.75) is 25.6 Å². The molecule has 3 rings (SSSR count). The van der Waals surface area contributed by atoms with Crippen LogP contribution in [-0.2, 0) is 4.74 Å². The number of halogens is 1. The minimum absolute atomic E-state index is 0.0198. The largest absolute Gasteiger partial charge is 0.377 e. The number of nitrogens with one attached hydrogen (secondary N) is 3. The minimum Gasteiger partial charge on any atom is -0.377 e. The van der Waals surface area contributed by atoms with E-state index in [4.69, 9.17) is 4.74 Å². The normalized spacial score (nSPS) is 25.0. The number of methoxy groups -OCH3 is 1. The molecule has 1 aliphatic heterocycles. The molecule has 0 saturated carbocycles. The van der Waals surface area contributed by atoms with Crippen molar-refractivity contribution in [3.8, 4) is 0 Å². The molecule has 1 aromatic rings. The molecule has 2 aliphatic rings. The number of hydrogen-bond donors (Lipinski definition) is 3. The average molecular weight is 391 g/mol. The van der Waals surface area contributed by atoms with E-state index in [1.54, 1.807) is 7.11 Å². The third-order valence-corrected chi connectivity index (χ3v) is 5.12. The Balaban J connectivity index is 1.54. The predicted octanol–water partition coefficient (Wildman–Crippen LogP) is 1.96. The number of nitrogens with zero attached hydrogens (tertiary/aromatic N) is 3. The van der Waals surface area contributed by atoms with Crippen molar-refractivity contribution in [3.63, 3.8) is 0 Å². The number of allylic oxidation sites excluding steroid dienone is 1. The predicted molar refractivity (Wildman–Crippen MR) is 110 cm³/mol. The van der Waals surface area contributed by atoms with Crippen LogP contribution in [0.15, 0.2) is 30.0 Å². The SMILES string of the molecule is CNc1cc(C)nc(NC2=CC(CNCCN3CC[C@H](F)C3)C(OC)C=C2)n1. The quantitative estimate of drug-likeness (QED) is 0.557. The lowest BCUT2D eigenvalue weighted by Gasteiger charge is -2.26. The van der Waals surface area contributed by atoms with E-state index in [2.05, 4.69) is 43.0 Å². The van der Waals surface area contributed by atoms with Crippen molar-refractivity contribution >= 4 is 11.8 Å². The van der Waals surface area contributed by atoms with E-state index in [9.17, 15) is 4.39 Å². The van der Waals surface area contributed by atoms with Gasteiger partial charge in [0.05, 0.1) is 6.10 Å². The standard InChI is InChI=1S/C20H31FN6O/c1-14-10-19(22-2)26-20(24-14)25-17-4-5-18(28-3)15(11-17)12-23-7-9-27-8-6-16(21)13-27/h4-5,10-11,15-16,18,23H,6-9,12-13H2,1-3H3,(H2,22,24,25,26)/t15?,16-,18?/m0/s1. The lowest BCUT2D eigenvalue weighted by Crippen LogP contribution is -2.36. The van der Waals surface area contributed by atoms with Gasteiger partial charge in [0.1, 0.15) is 12.0 Å². The van der Waals surface area contributed by atoms with Crippen molar-refractivity contribution in [1.29, 1.82) is 0 Å². The number of anilines is 2. The average Bonchev–Trinajstić information content (AvgIpc) is 3.10. The van der Waals surface area contributed by atoms with Gasteiger partial charge < -0.3 is 20.7 Å². The maximum absolute atomic E-state index is 13.3. The molecule has 28 heavy (non-hydrogen) atoms. The first kappa shape index (κ1) is 20.7. The van der Waals surface area contributed by atoms with Gasteiger partial charge in [0.2, 0.25) is 5.95 Å². The Hall–Kier alpha value is -2.03. The molecule has 0 spiro atoms. The number of alkyl halides is 1. The van der Waals surface area contributed by atoms with Gasteiger partial charge in [0, 0.05) is 70.3 Å². The molecule has 2 heterocycles. The molecule has 1 saturated heterocycles. The van der Waals surface area contributed by atoms with Crippen LogP contribution in [0.4, 0.5) is 16.2 Å². The van der Waals surface area contributed by atoms with E-state index in [1.165, 1.54) is 0 Å². The van der Waals surface area contributed by atoms with Crippen molar-refractivity contribution in [1.82, 2.24) is 20.2 Å². The van der Waals surface area contributed by atoms with Gasteiger partial charge in [-0.25, -0.2) is 9.37 Å². The number of hydrogen-bond acceptors (Lipinski definition) is 7. The molecule has 2 unspecified atom stereocenters. The van der Waals surface area contributed by atoms with Gasteiger partial charge in [0.15, 0.2) is 0 Å². The second kappa shape index (κ2) is 9.95. The van der Waals surface area contributed by atoms with Crippen LogP contribution in [0, 0.1) is 12.8 Å². The van der Waals surface area contributed by atoms with Gasteiger partial charge in [-0.1, -0.05) is 12.2 Å². The Morgan fingerprint density at radius 2 is 2.21 bits per heavy atom. The second-order valence-corrected chi connectivity index (χ2v) is 7.33. The van der Waals surface area contributed by atoms with Gasteiger partial charge in [-0.05, 0) is 19.4 Å². The summed E-state index contributed by atoms with van der Waals surface area (Å²) in [6.45, 7) is 5.86. The molecule has 1 aromatic heterocycles. The van der Waals surface area contributed by atoms with E-state index in [0.717, 1.165) is 43.4 Å². The lowest BCUT2D eigenvalue weighted by atomic mass is 9.95. The fourth-order valence-corrected chi connectivity index (χ4v) is 3.61. The van der Waals surface area contributed by atoms with Crippen LogP contribution >= 0.6 is 0 Å². The molecule has 3 atom stereocenters. The molecule has 0 amide bonds. The summed E-state index contributed by atoms with van der Waals surface area (Å²) in [7, 11) is 3.56. The highest BCUT2D eigenvalue weighted by Crippen LogP contribution is 2.21. The van der Waals surface area contributed by atoms with E-state index < -0.39 is 6.17 Å². The van der Waals surface area contributed by atoms with E-state index in [0.29, 0.717) is 18.9 Å². The third-order valence-electron chi connectivity index (χ3n) is 5.12. The second-order valence-electron chi connectivity index (χ2n) is 7.33. The Bertz CT molecular complexity index is 710. The maximum atomic E-state index is 13.3. The molecule has 7 nitrogen and oxygen atoms in total. The molecule has 154 valence electrons. The zero-order valence-electron chi connectivity index (χ0n) is 16.9. The zero-order chi connectivity index (χ0) is 19.9. The first-order valence-corrected chi connectivity index (χ1v) is 9.88. The van der Waals surface area contributed by atoms with Gasteiger partial charge in [-0.3, -0.25) is 4.90 Å². The Morgan fingerprint density at radius 1 is 1.36 bits per heavy atom. The number of likely N-dealkylation sites (tertiary alicyclic amines) is 1. The summed E-state index contributed by atoms with van der Waals surface area (Å²) < 4.78 is 18.9. The molecular formula is C20H31FN6O. The fraction of sp³-hybridized carbons (Fsp3) is 0.600. The molecule has 0 aromatic carbocycles. The van der Waals surface area contributed by atoms with E-state index in [1.807, 2.05) is 26.1 Å². The number of rotatable bonds is 9. The summed E-state index contributed by atoms with van der Waals surface area (Å²) in [4.78, 5) is 11.1. The molecule has 3 N–H and O–H groups in total. The van der Waals surface area contributed by atoms with Gasteiger partial charge in [-0.2, -0.15) is 4.98 Å². The molecule has 0 radical (unpaired) electrons. The van der Waals surface area contributed by atoms with Crippen LogP contribution in [0.25, 0.3) is 0 Å². The van der Waals surface area contributed by atoms with E-state index in [-0.39, 0.29) is 12.0 Å². The highest BCUT2D eigenvalue weighted by atomic mass is 19.1. The molecule has 0 bridgehead atoms. The van der Waals surface area contributed by atoms with Crippen LogP contribution in [0.2, 0.25) is 0 Å². The van der Waals surface area contributed by atoms with Crippen LogP contribution in [-0.4, -0.2) is 74.0 Å². The summed E-state index contributed by atoms with van der Waals surface area (Å²) in [5.74, 6) is 1.54. The van der Waals surface area contributed by atoms with E-state index >= 15 is 0 Å². The summed E-state index contributed by atoms with van der Waals surface area (Å²) >= 11 is 0. The van der Waals surface area contributed by atoms with Crippen molar-refractivity contribution in [3.05, 3.63) is 35.7 Å². The van der Waals surface area contributed by atoms with Crippen molar-refractivity contribution in [2.24, 2.45) is 5.92 Å². The minimum atomic E-state index is -0.662. The maximum Gasteiger partial charge on any atom is 0.229 e. The summed E-state index contributed by atoms with van der Waals surface area (Å²) in [6.07, 6.45) is 6.22. The molecule has 1 fully saturated rings. The Morgan fingerprint density at radius 3 is 2.93 bits per heavy atom. The number of aromatic nitrogens is 2. The topological polar surface area (TPSA) is 74.3 Å². The summed E-state index contributed by atoms with van der Waals surface area (Å²) in [5.41, 5.74) is 1.85. The third kappa shape index (κ3) is 5.73. The van der Waals surface area contributed by atoms with Crippen LogP contribution in [0.5, 0.6) is 0 Å². The Kier molecular flexibility index (Phi) is 7.36.